The first-order valence-corrected chi connectivity index (χ1v) is 11.4. The van der Waals surface area contributed by atoms with E-state index in [4.69, 9.17) is 9.47 Å². The number of aromatic nitrogens is 2. The van der Waals surface area contributed by atoms with Gasteiger partial charge in [0.1, 0.15) is 12.4 Å². The first kappa shape index (κ1) is 22.6. The Morgan fingerprint density at radius 3 is 2.33 bits per heavy atom. The second-order valence-electron chi connectivity index (χ2n) is 8.27. The van der Waals surface area contributed by atoms with Crippen molar-refractivity contribution in [2.24, 2.45) is 0 Å². The molecule has 0 saturated heterocycles. The monoisotopic (exact) mass is 447 g/mol. The largest absolute Gasteiger partial charge is 0.497 e. The van der Waals surface area contributed by atoms with Crippen LogP contribution in [0.15, 0.2) is 65.5 Å². The molecule has 33 heavy (non-hydrogen) atoms. The van der Waals surface area contributed by atoms with Gasteiger partial charge < -0.3 is 14.8 Å². The molecule has 1 amide bonds. The third-order valence-corrected chi connectivity index (χ3v) is 5.89. The molecule has 172 valence electrons. The van der Waals surface area contributed by atoms with Crippen LogP contribution in [0.5, 0.6) is 11.6 Å². The van der Waals surface area contributed by atoms with E-state index >= 15 is 0 Å². The molecule has 1 fully saturated rings. The highest BCUT2D eigenvalue weighted by Gasteiger charge is 2.16. The topological polar surface area (TPSA) is 82.5 Å². The third kappa shape index (κ3) is 6.00. The summed E-state index contributed by atoms with van der Waals surface area (Å²) in [6.45, 7) is 0.315. The molecule has 1 saturated carbocycles. The van der Waals surface area contributed by atoms with Gasteiger partial charge in [-0.3, -0.25) is 9.59 Å². The van der Waals surface area contributed by atoms with Crippen LogP contribution < -0.4 is 20.3 Å². The molecule has 1 aromatic heterocycles. The molecular weight excluding hydrogens is 418 g/mol. The molecule has 0 bridgehead atoms. The summed E-state index contributed by atoms with van der Waals surface area (Å²) in [7, 11) is 1.62. The van der Waals surface area contributed by atoms with Crippen LogP contribution in [0.4, 0.5) is 0 Å². The summed E-state index contributed by atoms with van der Waals surface area (Å²) < 4.78 is 12.2. The molecule has 1 N–H and O–H groups in total. The summed E-state index contributed by atoms with van der Waals surface area (Å²) in [5.74, 6) is 1.03. The number of benzene rings is 2. The Morgan fingerprint density at radius 2 is 1.67 bits per heavy atom. The number of nitrogens with zero attached hydrogens (tertiary/aromatic N) is 2. The Balaban J connectivity index is 1.42. The van der Waals surface area contributed by atoms with Crippen molar-refractivity contribution >= 4 is 5.91 Å². The Morgan fingerprint density at radius 1 is 0.970 bits per heavy atom. The molecule has 1 aliphatic carbocycles. The molecule has 1 aliphatic rings. The number of methoxy groups -OCH3 is 1. The zero-order valence-electron chi connectivity index (χ0n) is 18.8. The van der Waals surface area contributed by atoms with E-state index in [-0.39, 0.29) is 17.5 Å². The number of carbonyl (C=O) groups is 1. The van der Waals surface area contributed by atoms with Crippen LogP contribution in [-0.2, 0) is 6.61 Å². The number of hydrogen-bond acceptors (Lipinski definition) is 5. The van der Waals surface area contributed by atoms with Crippen molar-refractivity contribution in [3.63, 3.8) is 0 Å². The molecule has 1 heterocycles. The third-order valence-electron chi connectivity index (χ3n) is 5.89. The Bertz CT molecular complexity index is 1120. The lowest BCUT2D eigenvalue weighted by Crippen LogP contribution is -2.34. The van der Waals surface area contributed by atoms with Crippen molar-refractivity contribution in [3.8, 4) is 17.3 Å². The van der Waals surface area contributed by atoms with E-state index in [9.17, 15) is 9.59 Å². The maximum absolute atomic E-state index is 12.6. The molecule has 7 nitrogen and oxygen atoms in total. The quantitative estimate of drug-likeness (QED) is 0.547. The molecule has 0 aliphatic heterocycles. The van der Waals surface area contributed by atoms with Gasteiger partial charge in [-0.05, 0) is 54.8 Å². The van der Waals surface area contributed by atoms with Crippen LogP contribution in [0.25, 0.3) is 5.69 Å². The summed E-state index contributed by atoms with van der Waals surface area (Å²) in [5.41, 5.74) is 1.82. The fraction of sp³-hybridized carbons (Fsp3) is 0.346. The second kappa shape index (κ2) is 10.8. The molecule has 0 unspecified atom stereocenters. The standard InChI is InChI=1S/C26H29N3O4/c1-32-23-14-8-19(9-15-23)18-33-24-16-17-25(30)29(28-24)22-12-10-20(11-13-22)26(31)27-21-6-4-2-3-5-7-21/h8-17,21H,2-7,18H2,1H3,(H,27,31). The minimum atomic E-state index is -0.276. The van der Waals surface area contributed by atoms with Crippen LogP contribution in [-0.4, -0.2) is 28.8 Å². The highest BCUT2D eigenvalue weighted by Crippen LogP contribution is 2.18. The van der Waals surface area contributed by atoms with Gasteiger partial charge in [-0.25, -0.2) is 0 Å². The van der Waals surface area contributed by atoms with Crippen LogP contribution in [0.2, 0.25) is 0 Å². The van der Waals surface area contributed by atoms with Crippen LogP contribution in [0.3, 0.4) is 0 Å². The van der Waals surface area contributed by atoms with E-state index in [1.165, 1.54) is 23.6 Å². The van der Waals surface area contributed by atoms with Gasteiger partial charge >= 0.3 is 0 Å². The smallest absolute Gasteiger partial charge is 0.271 e. The second-order valence-corrected chi connectivity index (χ2v) is 8.27. The summed E-state index contributed by atoms with van der Waals surface area (Å²) in [6, 6.07) is 17.7. The van der Waals surface area contributed by atoms with Gasteiger partial charge in [0.2, 0.25) is 5.88 Å². The van der Waals surface area contributed by atoms with E-state index in [1.807, 2.05) is 24.3 Å². The van der Waals surface area contributed by atoms with Crippen molar-refractivity contribution < 1.29 is 14.3 Å². The molecule has 0 atom stereocenters. The van der Waals surface area contributed by atoms with E-state index in [2.05, 4.69) is 10.4 Å². The van der Waals surface area contributed by atoms with Crippen molar-refractivity contribution in [2.45, 2.75) is 51.2 Å². The van der Waals surface area contributed by atoms with Gasteiger partial charge in [-0.15, -0.1) is 5.10 Å². The highest BCUT2D eigenvalue weighted by atomic mass is 16.5. The lowest BCUT2D eigenvalue weighted by atomic mass is 10.1. The summed E-state index contributed by atoms with van der Waals surface area (Å²) in [6.07, 6.45) is 6.88. The Kier molecular flexibility index (Phi) is 7.40. The average molecular weight is 448 g/mol. The zero-order chi connectivity index (χ0) is 23.0. The number of carbonyl (C=O) groups excluding carboxylic acids is 1. The van der Waals surface area contributed by atoms with E-state index < -0.39 is 0 Å². The van der Waals surface area contributed by atoms with Crippen molar-refractivity contribution in [3.05, 3.63) is 82.1 Å². The van der Waals surface area contributed by atoms with Crippen LogP contribution in [0, 0.1) is 0 Å². The molecular formula is C26H29N3O4. The highest BCUT2D eigenvalue weighted by molar-refractivity contribution is 5.94. The van der Waals surface area contributed by atoms with E-state index in [1.54, 1.807) is 37.4 Å². The molecule has 4 rings (SSSR count). The fourth-order valence-corrected chi connectivity index (χ4v) is 3.98. The van der Waals surface area contributed by atoms with Crippen LogP contribution >= 0.6 is 0 Å². The molecule has 0 radical (unpaired) electrons. The molecule has 7 heteroatoms. The molecule has 0 spiro atoms. The van der Waals surface area contributed by atoms with Crippen molar-refractivity contribution in [1.29, 1.82) is 0 Å². The predicted octanol–water partition coefficient (Wildman–Crippen LogP) is 4.27. The van der Waals surface area contributed by atoms with E-state index in [0.717, 1.165) is 37.0 Å². The molecule has 2 aromatic carbocycles. The van der Waals surface area contributed by atoms with Gasteiger partial charge in [-0.2, -0.15) is 4.68 Å². The number of amides is 1. The van der Waals surface area contributed by atoms with Gasteiger partial charge in [0, 0.05) is 23.7 Å². The summed E-state index contributed by atoms with van der Waals surface area (Å²) >= 11 is 0. The lowest BCUT2D eigenvalue weighted by molar-refractivity contribution is 0.0933. The summed E-state index contributed by atoms with van der Waals surface area (Å²) in [5, 5.41) is 7.47. The maximum Gasteiger partial charge on any atom is 0.271 e. The van der Waals surface area contributed by atoms with Gasteiger partial charge in [0.25, 0.3) is 11.5 Å². The minimum Gasteiger partial charge on any atom is -0.497 e. The number of nitrogens with one attached hydrogen (secondary N) is 1. The first-order chi connectivity index (χ1) is 16.1. The molecule has 3 aromatic rings. The zero-order valence-corrected chi connectivity index (χ0v) is 18.8. The fourth-order valence-electron chi connectivity index (χ4n) is 3.98. The SMILES string of the molecule is COc1ccc(COc2ccc(=O)n(-c3ccc(C(=O)NC4CCCCCC4)cc3)n2)cc1. The number of ether oxygens (including phenoxy) is 2. The Labute approximate surface area is 193 Å². The van der Waals surface area contributed by atoms with Gasteiger partial charge in [-0.1, -0.05) is 37.8 Å². The Hall–Kier alpha value is -3.61. The summed E-state index contributed by atoms with van der Waals surface area (Å²) in [4.78, 5) is 25.0. The normalized spacial score (nSPS) is 14.3. The number of hydrogen-bond donors (Lipinski definition) is 1. The minimum absolute atomic E-state index is 0.0784. The van der Waals surface area contributed by atoms with Crippen LogP contribution in [0.1, 0.15) is 54.4 Å². The van der Waals surface area contributed by atoms with Gasteiger partial charge in [0.05, 0.1) is 12.8 Å². The van der Waals surface area contributed by atoms with Crippen molar-refractivity contribution in [1.82, 2.24) is 15.1 Å². The van der Waals surface area contributed by atoms with E-state index in [0.29, 0.717) is 23.7 Å². The van der Waals surface area contributed by atoms with Gasteiger partial charge in [0.15, 0.2) is 0 Å². The predicted molar refractivity (Wildman–Crippen MR) is 126 cm³/mol. The maximum atomic E-state index is 12.6. The van der Waals surface area contributed by atoms with Crippen molar-refractivity contribution in [2.75, 3.05) is 7.11 Å². The number of rotatable bonds is 7. The lowest BCUT2D eigenvalue weighted by Gasteiger charge is -2.16. The first-order valence-electron chi connectivity index (χ1n) is 11.4. The average Bonchev–Trinajstić information content (AvgIpc) is 3.12.